The van der Waals surface area contributed by atoms with Crippen molar-refractivity contribution >= 4 is 17.7 Å². The Hall–Kier alpha value is -4.56. The van der Waals surface area contributed by atoms with Gasteiger partial charge in [0.25, 0.3) is 5.91 Å². The van der Waals surface area contributed by atoms with Gasteiger partial charge in [-0.1, -0.05) is 30.3 Å². The Morgan fingerprint density at radius 2 is 1.71 bits per heavy atom. The first kappa shape index (κ1) is 24.1. The number of aromatic nitrogens is 1. The van der Waals surface area contributed by atoms with Crippen molar-refractivity contribution in [3.05, 3.63) is 82.5 Å². The first-order valence-electron chi connectivity index (χ1n) is 10.6. The lowest BCUT2D eigenvalue weighted by molar-refractivity contribution is -0.153. The predicted octanol–water partition coefficient (Wildman–Crippen LogP) is 3.85. The molecule has 8 heteroatoms. The molecule has 3 aromatic rings. The van der Waals surface area contributed by atoms with Crippen LogP contribution >= 0.6 is 0 Å². The third kappa shape index (κ3) is 5.62. The summed E-state index contributed by atoms with van der Waals surface area (Å²) in [5.41, 5.74) is 3.48. The zero-order chi connectivity index (χ0) is 24.7. The lowest BCUT2D eigenvalue weighted by Crippen LogP contribution is -2.30. The summed E-state index contributed by atoms with van der Waals surface area (Å²) in [4.78, 5) is 24.9. The highest BCUT2D eigenvalue weighted by Gasteiger charge is 2.22. The first-order valence-corrected chi connectivity index (χ1v) is 10.6. The molecular formula is C26H24N4O4. The lowest BCUT2D eigenvalue weighted by atomic mass is 10.2. The van der Waals surface area contributed by atoms with Crippen LogP contribution in [0.4, 0.5) is 5.82 Å². The van der Waals surface area contributed by atoms with E-state index >= 15 is 0 Å². The van der Waals surface area contributed by atoms with Crippen molar-refractivity contribution in [1.82, 2.24) is 4.57 Å². The normalized spacial score (nSPS) is 11.1. The molecule has 1 aromatic heterocycles. The standard InChI is InChI=1S/C26H24N4O4/c1-17-18(2)30(15-21-7-5-4-6-8-21)25(23(17)14-28)29-24(31)16-33-26(32)19(3)34-22-11-9-20(13-27)10-12-22/h4-12,19H,15-16H2,1-3H3,(H,29,31). The van der Waals surface area contributed by atoms with Crippen molar-refractivity contribution in [1.29, 1.82) is 10.5 Å². The summed E-state index contributed by atoms with van der Waals surface area (Å²) in [6.45, 7) is 5.16. The summed E-state index contributed by atoms with van der Waals surface area (Å²) in [6, 6.07) is 20.1. The van der Waals surface area contributed by atoms with E-state index in [0.717, 1.165) is 16.8 Å². The van der Waals surface area contributed by atoms with E-state index < -0.39 is 24.6 Å². The number of anilines is 1. The van der Waals surface area contributed by atoms with Crippen molar-refractivity contribution in [2.75, 3.05) is 11.9 Å². The fraction of sp³-hybridized carbons (Fsp3) is 0.231. The van der Waals surface area contributed by atoms with E-state index in [-0.39, 0.29) is 0 Å². The largest absolute Gasteiger partial charge is 0.479 e. The second-order valence-electron chi connectivity index (χ2n) is 7.67. The summed E-state index contributed by atoms with van der Waals surface area (Å²) < 4.78 is 12.5. The van der Waals surface area contributed by atoms with Gasteiger partial charge in [-0.25, -0.2) is 4.79 Å². The molecule has 2 aromatic carbocycles. The van der Waals surface area contributed by atoms with Gasteiger partial charge in [0.2, 0.25) is 0 Å². The quantitative estimate of drug-likeness (QED) is 0.515. The molecular weight excluding hydrogens is 432 g/mol. The molecule has 34 heavy (non-hydrogen) atoms. The van der Waals surface area contributed by atoms with E-state index in [1.54, 1.807) is 24.3 Å². The van der Waals surface area contributed by atoms with Gasteiger partial charge in [-0.3, -0.25) is 4.79 Å². The van der Waals surface area contributed by atoms with Crippen molar-refractivity contribution in [3.8, 4) is 17.9 Å². The molecule has 1 atom stereocenters. The van der Waals surface area contributed by atoms with E-state index in [9.17, 15) is 14.9 Å². The Kier molecular flexibility index (Phi) is 7.68. The summed E-state index contributed by atoms with van der Waals surface area (Å²) in [6.07, 6.45) is -0.957. The second-order valence-corrected chi connectivity index (χ2v) is 7.67. The third-order valence-corrected chi connectivity index (χ3v) is 5.36. The molecule has 1 N–H and O–H groups in total. The highest BCUT2D eigenvalue weighted by molar-refractivity contribution is 5.94. The minimum absolute atomic E-state index is 0.365. The number of esters is 1. The van der Waals surface area contributed by atoms with Crippen LogP contribution in [0.2, 0.25) is 0 Å². The Balaban J connectivity index is 1.65. The molecule has 0 aliphatic carbocycles. The molecule has 8 nitrogen and oxygen atoms in total. The average molecular weight is 457 g/mol. The zero-order valence-corrected chi connectivity index (χ0v) is 19.2. The Bertz CT molecular complexity index is 1270. The van der Waals surface area contributed by atoms with Gasteiger partial charge >= 0.3 is 5.97 Å². The van der Waals surface area contributed by atoms with Gasteiger partial charge in [-0.05, 0) is 56.2 Å². The number of benzene rings is 2. The summed E-state index contributed by atoms with van der Waals surface area (Å²) in [5, 5.41) is 21.2. The van der Waals surface area contributed by atoms with Crippen LogP contribution in [-0.2, 0) is 20.9 Å². The van der Waals surface area contributed by atoms with Gasteiger partial charge in [0.15, 0.2) is 12.7 Å². The van der Waals surface area contributed by atoms with Gasteiger partial charge in [0.05, 0.1) is 17.2 Å². The maximum absolute atomic E-state index is 12.6. The lowest BCUT2D eigenvalue weighted by Gasteiger charge is -2.15. The maximum Gasteiger partial charge on any atom is 0.347 e. The molecule has 1 heterocycles. The number of carbonyl (C=O) groups excluding carboxylic acids is 2. The van der Waals surface area contributed by atoms with E-state index in [2.05, 4.69) is 11.4 Å². The van der Waals surface area contributed by atoms with Crippen LogP contribution in [0.3, 0.4) is 0 Å². The molecule has 172 valence electrons. The number of rotatable bonds is 8. The topological polar surface area (TPSA) is 117 Å². The molecule has 1 amide bonds. The Morgan fingerprint density at radius 3 is 2.32 bits per heavy atom. The van der Waals surface area contributed by atoms with Gasteiger partial charge in [0.1, 0.15) is 17.6 Å². The van der Waals surface area contributed by atoms with Crippen LogP contribution in [-0.4, -0.2) is 29.2 Å². The van der Waals surface area contributed by atoms with E-state index in [1.165, 1.54) is 6.92 Å². The Morgan fingerprint density at radius 1 is 1.03 bits per heavy atom. The van der Waals surface area contributed by atoms with E-state index in [4.69, 9.17) is 14.7 Å². The molecule has 0 aliphatic heterocycles. The molecule has 1 unspecified atom stereocenters. The summed E-state index contributed by atoms with van der Waals surface area (Å²) in [5.74, 6) is -0.519. The fourth-order valence-corrected chi connectivity index (χ4v) is 3.38. The zero-order valence-electron chi connectivity index (χ0n) is 19.2. The predicted molar refractivity (Wildman–Crippen MR) is 125 cm³/mol. The number of carbonyl (C=O) groups is 2. The molecule has 0 saturated heterocycles. The van der Waals surface area contributed by atoms with E-state index in [1.807, 2.05) is 54.8 Å². The number of hydrogen-bond donors (Lipinski definition) is 1. The minimum atomic E-state index is -0.957. The Labute approximate surface area is 197 Å². The highest BCUT2D eigenvalue weighted by atomic mass is 16.6. The van der Waals surface area contributed by atoms with Crippen molar-refractivity contribution in [2.24, 2.45) is 0 Å². The van der Waals surface area contributed by atoms with Crippen LogP contribution in [0.1, 0.15) is 34.9 Å². The SMILES string of the molecule is Cc1c(C#N)c(NC(=O)COC(=O)C(C)Oc2ccc(C#N)cc2)n(Cc2ccccc2)c1C. The van der Waals surface area contributed by atoms with E-state index in [0.29, 0.717) is 29.2 Å². The third-order valence-electron chi connectivity index (χ3n) is 5.36. The number of nitriles is 2. The maximum atomic E-state index is 12.6. The minimum Gasteiger partial charge on any atom is -0.479 e. The highest BCUT2D eigenvalue weighted by Crippen LogP contribution is 2.27. The van der Waals surface area contributed by atoms with Crippen LogP contribution in [0.15, 0.2) is 54.6 Å². The van der Waals surface area contributed by atoms with Gasteiger partial charge in [0, 0.05) is 12.2 Å². The number of amides is 1. The second kappa shape index (κ2) is 10.8. The molecule has 0 saturated carbocycles. The van der Waals surface area contributed by atoms with Crippen molar-refractivity contribution in [2.45, 2.75) is 33.4 Å². The monoisotopic (exact) mass is 456 g/mol. The van der Waals surface area contributed by atoms with Crippen LogP contribution in [0.5, 0.6) is 5.75 Å². The van der Waals surface area contributed by atoms with Gasteiger partial charge in [-0.15, -0.1) is 0 Å². The fourth-order valence-electron chi connectivity index (χ4n) is 3.38. The number of nitrogens with one attached hydrogen (secondary N) is 1. The molecule has 0 spiro atoms. The molecule has 3 rings (SSSR count). The molecule has 0 radical (unpaired) electrons. The van der Waals surface area contributed by atoms with Crippen LogP contribution in [0, 0.1) is 36.5 Å². The molecule has 0 aliphatic rings. The van der Waals surface area contributed by atoms with Gasteiger partial charge in [-0.2, -0.15) is 10.5 Å². The average Bonchev–Trinajstić information content (AvgIpc) is 3.07. The van der Waals surface area contributed by atoms with Crippen molar-refractivity contribution < 1.29 is 19.1 Å². The first-order chi connectivity index (χ1) is 16.3. The molecule has 0 fully saturated rings. The van der Waals surface area contributed by atoms with Crippen LogP contribution in [0.25, 0.3) is 0 Å². The number of ether oxygens (including phenoxy) is 2. The van der Waals surface area contributed by atoms with Crippen LogP contribution < -0.4 is 10.1 Å². The molecule has 0 bridgehead atoms. The number of nitrogens with zero attached hydrogens (tertiary/aromatic N) is 3. The van der Waals surface area contributed by atoms with Crippen molar-refractivity contribution in [3.63, 3.8) is 0 Å². The van der Waals surface area contributed by atoms with Gasteiger partial charge < -0.3 is 19.4 Å². The summed E-state index contributed by atoms with van der Waals surface area (Å²) in [7, 11) is 0. The number of hydrogen-bond acceptors (Lipinski definition) is 6. The summed E-state index contributed by atoms with van der Waals surface area (Å²) >= 11 is 0. The smallest absolute Gasteiger partial charge is 0.347 e.